The molecule has 3 rings (SSSR count). The first-order valence-corrected chi connectivity index (χ1v) is 8.59. The first-order chi connectivity index (χ1) is 12.1. The van der Waals surface area contributed by atoms with Crippen LogP contribution >= 0.6 is 11.6 Å². The predicted molar refractivity (Wildman–Crippen MR) is 102 cm³/mol. The summed E-state index contributed by atoms with van der Waals surface area (Å²) in [6, 6.07) is 5.49. The Hall–Kier alpha value is -2.02. The minimum absolute atomic E-state index is 0.169. The third-order valence-electron chi connectivity index (χ3n) is 4.45. The largest absolute Gasteiger partial charge is 0.404 e. The number of ether oxygens (including phenoxy) is 1. The molecule has 0 aliphatic carbocycles. The standard InChI is InChI=1S/C18H22ClN5O/c1-12(25-2)24-10-13(11-24)7-21-8-15(6-20)14-5-17-16(22-9-14)3-4-18(19)23-17/h3-6,8-9,12-13H,7,10-11,20H2,1-2H3. The van der Waals surface area contributed by atoms with Crippen LogP contribution in [-0.4, -0.2) is 54.1 Å². The highest BCUT2D eigenvalue weighted by molar-refractivity contribution is 6.29. The lowest BCUT2D eigenvalue weighted by Crippen LogP contribution is -2.52. The maximum atomic E-state index is 5.95. The lowest BCUT2D eigenvalue weighted by molar-refractivity contribution is -0.0746. The molecule has 0 spiro atoms. The molecule has 2 aromatic heterocycles. The molecule has 1 saturated heterocycles. The number of methoxy groups -OCH3 is 1. The second-order valence-electron chi connectivity index (χ2n) is 6.17. The van der Waals surface area contributed by atoms with E-state index in [4.69, 9.17) is 22.1 Å². The molecule has 0 amide bonds. The van der Waals surface area contributed by atoms with Gasteiger partial charge in [-0.2, -0.15) is 0 Å². The molecule has 0 radical (unpaired) electrons. The van der Waals surface area contributed by atoms with Gasteiger partial charge in [-0.05, 0) is 25.1 Å². The van der Waals surface area contributed by atoms with Gasteiger partial charge in [-0.15, -0.1) is 0 Å². The van der Waals surface area contributed by atoms with Crippen molar-refractivity contribution in [3.63, 3.8) is 0 Å². The number of nitrogens with zero attached hydrogens (tertiary/aromatic N) is 4. The quantitative estimate of drug-likeness (QED) is 0.633. The second-order valence-corrected chi connectivity index (χ2v) is 6.55. The van der Waals surface area contributed by atoms with E-state index < -0.39 is 0 Å². The van der Waals surface area contributed by atoms with Gasteiger partial charge in [-0.1, -0.05) is 11.6 Å². The molecule has 1 aliphatic heterocycles. The molecule has 6 nitrogen and oxygen atoms in total. The van der Waals surface area contributed by atoms with Gasteiger partial charge in [0, 0.05) is 62.4 Å². The minimum atomic E-state index is 0.169. The van der Waals surface area contributed by atoms with Crippen LogP contribution in [0.2, 0.25) is 5.15 Å². The Kier molecular flexibility index (Phi) is 5.63. The van der Waals surface area contributed by atoms with E-state index in [0.717, 1.165) is 41.8 Å². The number of hydrogen-bond acceptors (Lipinski definition) is 6. The lowest BCUT2D eigenvalue weighted by atomic mass is 10.0. The zero-order chi connectivity index (χ0) is 17.8. The molecule has 7 heteroatoms. The molecule has 1 atom stereocenters. The highest BCUT2D eigenvalue weighted by Crippen LogP contribution is 2.20. The summed E-state index contributed by atoms with van der Waals surface area (Å²) in [6.45, 7) is 4.85. The van der Waals surface area contributed by atoms with Crippen LogP contribution in [0.5, 0.6) is 0 Å². The SMILES string of the molecule is COC(C)N1CC(CN=CC(=CN)c2cnc3ccc(Cl)nc3c2)C1. The van der Waals surface area contributed by atoms with Crippen molar-refractivity contribution in [1.29, 1.82) is 0 Å². The lowest BCUT2D eigenvalue weighted by Gasteiger charge is -2.41. The molecule has 1 fully saturated rings. The van der Waals surface area contributed by atoms with E-state index >= 15 is 0 Å². The molecule has 2 N–H and O–H groups in total. The van der Waals surface area contributed by atoms with Crippen molar-refractivity contribution in [2.75, 3.05) is 26.7 Å². The number of aromatic nitrogens is 2. The molecule has 132 valence electrons. The highest BCUT2D eigenvalue weighted by atomic mass is 35.5. The first kappa shape index (κ1) is 17.8. The third-order valence-corrected chi connectivity index (χ3v) is 4.66. The number of aliphatic imine (C=N–C) groups is 1. The molecule has 1 unspecified atom stereocenters. The van der Waals surface area contributed by atoms with Crippen molar-refractivity contribution < 1.29 is 4.74 Å². The van der Waals surface area contributed by atoms with Crippen molar-refractivity contribution in [1.82, 2.24) is 14.9 Å². The number of allylic oxidation sites excluding steroid dienone is 1. The summed E-state index contributed by atoms with van der Waals surface area (Å²) in [5.41, 5.74) is 8.99. The van der Waals surface area contributed by atoms with Gasteiger partial charge in [0.15, 0.2) is 0 Å². The summed E-state index contributed by atoms with van der Waals surface area (Å²) in [5, 5.41) is 0.443. The number of rotatable bonds is 6. The summed E-state index contributed by atoms with van der Waals surface area (Å²) < 4.78 is 5.30. The molecule has 1 aliphatic rings. The maximum Gasteiger partial charge on any atom is 0.129 e. The van der Waals surface area contributed by atoms with E-state index in [0.29, 0.717) is 11.1 Å². The molecule has 0 aromatic carbocycles. The summed E-state index contributed by atoms with van der Waals surface area (Å²) in [6.07, 6.45) is 5.28. The number of pyridine rings is 2. The average Bonchev–Trinajstić information content (AvgIpc) is 2.59. The Bertz CT molecular complexity index is 801. The van der Waals surface area contributed by atoms with Crippen LogP contribution in [0.15, 0.2) is 35.6 Å². The van der Waals surface area contributed by atoms with Crippen LogP contribution in [0.4, 0.5) is 0 Å². The zero-order valence-electron chi connectivity index (χ0n) is 14.4. The predicted octanol–water partition coefficient (Wildman–Crippen LogP) is 2.58. The van der Waals surface area contributed by atoms with Gasteiger partial charge in [0.2, 0.25) is 0 Å². The smallest absolute Gasteiger partial charge is 0.129 e. The molecule has 3 heterocycles. The van der Waals surface area contributed by atoms with Crippen LogP contribution < -0.4 is 5.73 Å². The van der Waals surface area contributed by atoms with Gasteiger partial charge in [0.25, 0.3) is 0 Å². The Morgan fingerprint density at radius 1 is 1.48 bits per heavy atom. The number of nitrogens with two attached hydrogens (primary N) is 1. The summed E-state index contributed by atoms with van der Waals surface area (Å²) in [7, 11) is 1.73. The van der Waals surface area contributed by atoms with Gasteiger partial charge in [-0.3, -0.25) is 14.9 Å². The van der Waals surface area contributed by atoms with Gasteiger partial charge in [0.1, 0.15) is 11.4 Å². The molecular formula is C18H22ClN5O. The fourth-order valence-corrected chi connectivity index (χ4v) is 2.98. The number of hydrogen-bond donors (Lipinski definition) is 1. The molecular weight excluding hydrogens is 338 g/mol. The van der Waals surface area contributed by atoms with Crippen LogP contribution in [0.1, 0.15) is 12.5 Å². The van der Waals surface area contributed by atoms with E-state index in [9.17, 15) is 0 Å². The van der Waals surface area contributed by atoms with Crippen molar-refractivity contribution >= 4 is 34.4 Å². The fraction of sp³-hybridized carbons (Fsp3) is 0.389. The Labute approximate surface area is 152 Å². The van der Waals surface area contributed by atoms with Crippen LogP contribution in [-0.2, 0) is 4.74 Å². The topological polar surface area (TPSA) is 76.6 Å². The van der Waals surface area contributed by atoms with Crippen LogP contribution in [0.25, 0.3) is 16.6 Å². The maximum absolute atomic E-state index is 5.95. The molecule has 2 aromatic rings. The van der Waals surface area contributed by atoms with E-state index in [2.05, 4.69) is 26.8 Å². The van der Waals surface area contributed by atoms with Gasteiger partial charge in [0.05, 0.1) is 11.0 Å². The van der Waals surface area contributed by atoms with Crippen molar-refractivity contribution in [2.24, 2.45) is 16.6 Å². The van der Waals surface area contributed by atoms with Crippen LogP contribution in [0.3, 0.4) is 0 Å². The summed E-state index contributed by atoms with van der Waals surface area (Å²) in [5.74, 6) is 0.558. The van der Waals surface area contributed by atoms with Gasteiger partial charge >= 0.3 is 0 Å². The van der Waals surface area contributed by atoms with E-state index in [-0.39, 0.29) is 6.23 Å². The Morgan fingerprint density at radius 3 is 3.00 bits per heavy atom. The van der Waals surface area contributed by atoms with E-state index in [1.54, 1.807) is 25.6 Å². The van der Waals surface area contributed by atoms with Gasteiger partial charge in [-0.25, -0.2) is 4.98 Å². The summed E-state index contributed by atoms with van der Waals surface area (Å²) in [4.78, 5) is 15.5. The number of halogens is 1. The minimum Gasteiger partial charge on any atom is -0.404 e. The molecule has 25 heavy (non-hydrogen) atoms. The van der Waals surface area contributed by atoms with Crippen molar-refractivity contribution in [3.05, 3.63) is 41.3 Å². The van der Waals surface area contributed by atoms with Crippen molar-refractivity contribution in [3.8, 4) is 0 Å². The zero-order valence-corrected chi connectivity index (χ0v) is 15.1. The monoisotopic (exact) mass is 359 g/mol. The second kappa shape index (κ2) is 7.91. The first-order valence-electron chi connectivity index (χ1n) is 8.22. The van der Waals surface area contributed by atoms with Crippen molar-refractivity contribution in [2.45, 2.75) is 13.2 Å². The summed E-state index contributed by atoms with van der Waals surface area (Å²) >= 11 is 5.95. The Balaban J connectivity index is 1.63. The number of likely N-dealkylation sites (tertiary alicyclic amines) is 1. The molecule has 0 bridgehead atoms. The van der Waals surface area contributed by atoms with Gasteiger partial charge < -0.3 is 10.5 Å². The number of fused-ring (bicyclic) bond motifs is 1. The average molecular weight is 360 g/mol. The van der Waals surface area contributed by atoms with E-state index in [1.807, 2.05) is 12.1 Å². The van der Waals surface area contributed by atoms with E-state index in [1.165, 1.54) is 6.20 Å². The Morgan fingerprint density at radius 2 is 2.28 bits per heavy atom. The normalized spacial score (nSPS) is 18.0. The van der Waals surface area contributed by atoms with Crippen LogP contribution in [0, 0.1) is 5.92 Å². The molecule has 0 saturated carbocycles. The highest BCUT2D eigenvalue weighted by Gasteiger charge is 2.29. The third kappa shape index (κ3) is 4.15. The fourth-order valence-electron chi connectivity index (χ4n) is 2.82.